The van der Waals surface area contributed by atoms with Crippen molar-refractivity contribution in [2.45, 2.75) is 126 Å². The standard InChI is InChI=1S/C28H23Cl3N2O2.2C27H21Cl3N2O2.3CO2.Li.H2O/c1-15-9-17(13-32-12-15)20-11-21(20)19-8-7-18(10-25(19)31)34-14-22-27(33-35-28(22)16-5-6-16)26-23(29)3-2-4-24(26)30;28-22-4-1-5-23(29)25(22)26-21(27(34-32-26)15-6-7-15)14-33-17-8-9-18(24(30)11-17)20-12-19(20)16-3-2-10-31-13-16;1-16-11-17(14-31-13-16)5-6-18-9-10-20(12-24(18)30)33-15-21-26(32-34-27(21)19-7-8-19)25-22(28)3-2-4-23(25)29;3*2-1-3;;/h2-4,7-10,12-13,16,20-21H,5-6,11,14H2,1H3;1-5,8-11,13,15,19-20H,6-7,12,14H2;2-6,9-14,19H,7-8,15H2,1H3;;;;;1H2/q;;;;;;+1;/p-1/b;;6-5+;;;;;. The number of aromatic nitrogens is 6. The summed E-state index contributed by atoms with van der Waals surface area (Å²) in [7, 11) is 0. The molecule has 1 N–H and O–H groups in total. The van der Waals surface area contributed by atoms with Crippen LogP contribution in [0.5, 0.6) is 17.2 Å². The molecule has 17 rings (SSSR count). The molecule has 4 unspecified atom stereocenters. The van der Waals surface area contributed by atoms with E-state index >= 15 is 0 Å². The zero-order chi connectivity index (χ0) is 79.1. The summed E-state index contributed by atoms with van der Waals surface area (Å²) in [5.74, 6) is 7.45. The molecule has 0 amide bonds. The van der Waals surface area contributed by atoms with Gasteiger partial charge in [0.15, 0.2) is 0 Å². The first-order chi connectivity index (χ1) is 54.3. The molecule has 0 radical (unpaired) electrons. The monoisotopic (exact) mass is 1700 g/mol. The molecule has 6 aromatic carbocycles. The number of benzene rings is 6. The molecular weight excluding hydrogens is 1640 g/mol. The zero-order valence-corrected chi connectivity index (χ0v) is 67.9. The van der Waals surface area contributed by atoms with Gasteiger partial charge >= 0.3 is 37.3 Å². The molecule has 6 heterocycles. The van der Waals surface area contributed by atoms with Crippen LogP contribution in [0, 0.1) is 13.8 Å². The van der Waals surface area contributed by atoms with Crippen molar-refractivity contribution in [3.05, 3.63) is 294 Å². The fraction of sp³-hybridized carbons (Fsp3) is 0.235. The summed E-state index contributed by atoms with van der Waals surface area (Å²) in [5.41, 5.74) is 15.6. The fourth-order valence-electron chi connectivity index (χ4n) is 13.2. The Kier molecular flexibility index (Phi) is 31.3. The normalized spacial score (nSPS) is 15.9. The second kappa shape index (κ2) is 40.9. The molecule has 0 saturated heterocycles. The molecule has 4 atom stereocenters. The molecule has 0 bridgehead atoms. The molecule has 19 nitrogen and oxygen atoms in total. The first kappa shape index (κ1) is 87.2. The van der Waals surface area contributed by atoms with Gasteiger partial charge in [0, 0.05) is 81.7 Å². The number of nitrogens with zero attached hydrogens (tertiary/aromatic N) is 6. The Morgan fingerprint density at radius 3 is 1.11 bits per heavy atom. The molecule has 578 valence electrons. The maximum absolute atomic E-state index is 8.12. The SMILES string of the molecule is Cc1cncc(/C=C/c2ccc(OCc3c(-c4c(Cl)cccc4Cl)noc3C3CC3)cc2Cl)c1.Cc1cncc(C2CC2c2ccc(OCc3c(-c4c(Cl)cccc4Cl)noc3C3CC3)cc2Cl)c1.Clc1cc(OCc2c(-c3c(Cl)cccc3Cl)noc2C2CC2)ccc1C1CC1c1cccnc1.O=C=O.O=C=O.O=C=O.[Li+].[OH-]. The van der Waals surface area contributed by atoms with Crippen LogP contribution in [0.1, 0.15) is 171 Å². The third-order valence-electron chi connectivity index (χ3n) is 19.1. The molecular formula is C85H66Cl9LiN6O13. The van der Waals surface area contributed by atoms with Crippen molar-refractivity contribution in [3.63, 3.8) is 0 Å². The van der Waals surface area contributed by atoms with E-state index in [-0.39, 0.29) is 49.4 Å². The largest absolute Gasteiger partial charge is 1.00 e. The summed E-state index contributed by atoms with van der Waals surface area (Å²) in [6.07, 6.45) is 24.6. The van der Waals surface area contributed by atoms with Crippen LogP contribution in [-0.4, -0.2) is 54.4 Å². The Hall–Kier alpha value is -9.15. The maximum Gasteiger partial charge on any atom is 1.00 e. The van der Waals surface area contributed by atoms with E-state index in [1.807, 2.05) is 111 Å². The molecule has 5 aliphatic carbocycles. The van der Waals surface area contributed by atoms with Crippen molar-refractivity contribution in [2.75, 3.05) is 0 Å². The molecule has 12 aromatic rings. The maximum atomic E-state index is 8.12. The van der Waals surface area contributed by atoms with Crippen LogP contribution >= 0.6 is 104 Å². The number of ether oxygens (including phenoxy) is 3. The molecule has 5 fully saturated rings. The van der Waals surface area contributed by atoms with E-state index < -0.39 is 0 Å². The molecule has 0 spiro atoms. The first-order valence-corrected chi connectivity index (χ1v) is 38.7. The van der Waals surface area contributed by atoms with Crippen LogP contribution in [0.3, 0.4) is 0 Å². The van der Waals surface area contributed by atoms with Gasteiger partial charge < -0.3 is 33.3 Å². The summed E-state index contributed by atoms with van der Waals surface area (Å²) in [6, 6.07) is 42.1. The van der Waals surface area contributed by atoms with E-state index in [0.717, 1.165) is 123 Å². The number of hydrogen-bond acceptors (Lipinski definition) is 19. The minimum absolute atomic E-state index is 0. The van der Waals surface area contributed by atoms with Crippen LogP contribution in [0.25, 0.3) is 45.9 Å². The van der Waals surface area contributed by atoms with Crippen LogP contribution in [0.4, 0.5) is 0 Å². The molecule has 5 saturated carbocycles. The van der Waals surface area contributed by atoms with Crippen LogP contribution in [0.15, 0.2) is 184 Å². The van der Waals surface area contributed by atoms with E-state index in [1.165, 1.54) is 16.7 Å². The Bertz CT molecular complexity index is 5410. The van der Waals surface area contributed by atoms with Gasteiger partial charge in [-0.25, -0.2) is 0 Å². The van der Waals surface area contributed by atoms with Crippen molar-refractivity contribution < 1.29 is 80.9 Å². The van der Waals surface area contributed by atoms with E-state index in [1.54, 1.807) is 48.7 Å². The average molecular weight is 1710 g/mol. The summed E-state index contributed by atoms with van der Waals surface area (Å²) < 4.78 is 35.7. The average Bonchev–Trinajstić information content (AvgIpc) is 1.63. The van der Waals surface area contributed by atoms with E-state index in [4.69, 9.17) is 161 Å². The molecule has 0 aliphatic heterocycles. The number of hydrogen-bond donors (Lipinski definition) is 0. The minimum Gasteiger partial charge on any atom is -0.870 e. The van der Waals surface area contributed by atoms with Gasteiger partial charge in [-0.3, -0.25) is 15.0 Å². The quantitative estimate of drug-likeness (QED) is 0.0604. The van der Waals surface area contributed by atoms with Crippen molar-refractivity contribution >= 4 is 135 Å². The Morgan fingerprint density at radius 1 is 0.395 bits per heavy atom. The summed E-state index contributed by atoms with van der Waals surface area (Å²) >= 11 is 58.7. The van der Waals surface area contributed by atoms with Gasteiger partial charge in [-0.1, -0.05) is 174 Å². The van der Waals surface area contributed by atoms with Crippen molar-refractivity contribution in [3.8, 4) is 51.0 Å². The number of halogens is 9. The van der Waals surface area contributed by atoms with Gasteiger partial charge in [0.25, 0.3) is 0 Å². The number of aryl methyl sites for hydroxylation is 2. The molecule has 6 aromatic heterocycles. The smallest absolute Gasteiger partial charge is 0.870 e. The first-order valence-electron chi connectivity index (χ1n) is 35.3. The third-order valence-corrected chi connectivity index (χ3v) is 22.0. The van der Waals surface area contributed by atoms with Crippen LogP contribution < -0.4 is 33.1 Å². The summed E-state index contributed by atoms with van der Waals surface area (Å²) in [5, 5.41) is 18.2. The zero-order valence-electron chi connectivity index (χ0n) is 61.1. The Labute approximate surface area is 712 Å². The van der Waals surface area contributed by atoms with Gasteiger partial charge in [0.2, 0.25) is 0 Å². The van der Waals surface area contributed by atoms with Crippen molar-refractivity contribution in [1.29, 1.82) is 0 Å². The Balaban J connectivity index is 0.000000170. The topological polar surface area (TPSA) is 277 Å². The number of carbonyl (C=O) groups excluding carboxylic acids is 6. The van der Waals surface area contributed by atoms with Crippen LogP contribution in [0.2, 0.25) is 45.2 Å². The minimum atomic E-state index is 0. The van der Waals surface area contributed by atoms with Gasteiger partial charge in [-0.15, -0.1) is 0 Å². The van der Waals surface area contributed by atoms with Crippen molar-refractivity contribution in [1.82, 2.24) is 30.4 Å². The summed E-state index contributed by atoms with van der Waals surface area (Å²) in [4.78, 5) is 61.5. The van der Waals surface area contributed by atoms with E-state index in [0.29, 0.717) is 141 Å². The fourth-order valence-corrected chi connectivity index (χ4v) is 15.8. The van der Waals surface area contributed by atoms with Gasteiger partial charge in [-0.05, 0) is 224 Å². The predicted molar refractivity (Wildman–Crippen MR) is 427 cm³/mol. The Morgan fingerprint density at radius 2 is 0.754 bits per heavy atom. The second-order valence-corrected chi connectivity index (χ2v) is 30.7. The van der Waals surface area contributed by atoms with Crippen LogP contribution in [-0.2, 0) is 48.6 Å². The van der Waals surface area contributed by atoms with E-state index in [9.17, 15) is 0 Å². The second-order valence-electron chi connectivity index (χ2n) is 27.0. The van der Waals surface area contributed by atoms with Gasteiger partial charge in [0.05, 0.1) is 51.8 Å². The number of rotatable bonds is 21. The third kappa shape index (κ3) is 22.1. The molecule has 114 heavy (non-hydrogen) atoms. The number of pyridine rings is 3. The van der Waals surface area contributed by atoms with E-state index in [2.05, 4.69) is 67.7 Å². The predicted octanol–water partition coefficient (Wildman–Crippen LogP) is 20.9. The summed E-state index contributed by atoms with van der Waals surface area (Å²) in [6.45, 7) is 4.94. The van der Waals surface area contributed by atoms with Gasteiger partial charge in [0.1, 0.15) is 71.4 Å². The van der Waals surface area contributed by atoms with Gasteiger partial charge in [-0.2, -0.15) is 28.8 Å². The van der Waals surface area contributed by atoms with Crippen molar-refractivity contribution in [2.24, 2.45) is 0 Å². The molecule has 29 heteroatoms. The molecule has 5 aliphatic rings.